The Morgan fingerprint density at radius 3 is 2.29 bits per heavy atom. The molecule has 1 aliphatic heterocycles. The molecule has 134 valence electrons. The van der Waals surface area contributed by atoms with Crippen LogP contribution in [0.3, 0.4) is 0 Å². The van der Waals surface area contributed by atoms with Crippen LogP contribution >= 0.6 is 0 Å². The van der Waals surface area contributed by atoms with E-state index in [1.165, 1.54) is 6.42 Å². The van der Waals surface area contributed by atoms with Crippen LogP contribution in [0.5, 0.6) is 0 Å². The van der Waals surface area contributed by atoms with E-state index in [0.29, 0.717) is 17.5 Å². The lowest BCUT2D eigenvalue weighted by atomic mass is 9.91. The van der Waals surface area contributed by atoms with E-state index in [-0.39, 0.29) is 5.91 Å². The number of nitrogens with zero attached hydrogens (tertiary/aromatic N) is 2. The van der Waals surface area contributed by atoms with Gasteiger partial charge in [0.05, 0.1) is 5.56 Å². The number of anilines is 2. The number of piperidine rings is 1. The standard InChI is InChI=1S/C20H33N3O/c1-5-9-22(10-6-2)19-8-7-17(21)12-18(19)20(24)23-13-15(3)11-16(4)14-23/h7-8,12,15-16H,5-6,9-11,13-14,21H2,1-4H3. The van der Waals surface area contributed by atoms with Gasteiger partial charge < -0.3 is 15.5 Å². The van der Waals surface area contributed by atoms with E-state index >= 15 is 0 Å². The average Bonchev–Trinajstić information content (AvgIpc) is 2.53. The molecule has 4 nitrogen and oxygen atoms in total. The van der Waals surface area contributed by atoms with Crippen LogP contribution < -0.4 is 10.6 Å². The number of rotatable bonds is 6. The largest absolute Gasteiger partial charge is 0.399 e. The summed E-state index contributed by atoms with van der Waals surface area (Å²) in [5.74, 6) is 1.25. The van der Waals surface area contributed by atoms with Gasteiger partial charge in [-0.15, -0.1) is 0 Å². The van der Waals surface area contributed by atoms with Crippen molar-refractivity contribution in [3.8, 4) is 0 Å². The summed E-state index contributed by atoms with van der Waals surface area (Å²) >= 11 is 0. The SMILES string of the molecule is CCCN(CCC)c1ccc(N)cc1C(=O)N1CC(C)CC(C)C1. The van der Waals surface area contributed by atoms with Crippen LogP contribution in [0.25, 0.3) is 0 Å². The summed E-state index contributed by atoms with van der Waals surface area (Å²) in [6.07, 6.45) is 3.33. The third-order valence-electron chi connectivity index (χ3n) is 4.73. The van der Waals surface area contributed by atoms with Crippen LogP contribution in [0.1, 0.15) is 57.3 Å². The molecule has 1 fully saturated rings. The molecular weight excluding hydrogens is 298 g/mol. The molecule has 2 atom stereocenters. The van der Waals surface area contributed by atoms with E-state index in [0.717, 1.165) is 50.3 Å². The Morgan fingerprint density at radius 1 is 1.17 bits per heavy atom. The molecular formula is C20H33N3O. The first kappa shape index (κ1) is 18.6. The number of amides is 1. The fourth-order valence-corrected chi connectivity index (χ4v) is 3.89. The number of hydrogen-bond acceptors (Lipinski definition) is 3. The molecule has 1 amide bonds. The lowest BCUT2D eigenvalue weighted by Crippen LogP contribution is -2.43. The number of likely N-dealkylation sites (tertiary alicyclic amines) is 1. The molecule has 1 aromatic rings. The van der Waals surface area contributed by atoms with E-state index in [9.17, 15) is 4.79 Å². The molecule has 0 saturated carbocycles. The van der Waals surface area contributed by atoms with Crippen LogP contribution in [0.2, 0.25) is 0 Å². The molecule has 1 heterocycles. The first-order chi connectivity index (χ1) is 11.5. The Kier molecular flexibility index (Phi) is 6.52. The number of hydrogen-bond donors (Lipinski definition) is 1. The number of nitrogens with two attached hydrogens (primary N) is 1. The van der Waals surface area contributed by atoms with Crippen molar-refractivity contribution < 1.29 is 4.79 Å². The summed E-state index contributed by atoms with van der Waals surface area (Å²) in [4.78, 5) is 17.6. The van der Waals surface area contributed by atoms with Gasteiger partial charge in [0.2, 0.25) is 0 Å². The van der Waals surface area contributed by atoms with Crippen LogP contribution in [0, 0.1) is 11.8 Å². The quantitative estimate of drug-likeness (QED) is 0.801. The molecule has 1 aromatic carbocycles. The van der Waals surface area contributed by atoms with E-state index in [1.807, 2.05) is 23.1 Å². The first-order valence-corrected chi connectivity index (χ1v) is 9.39. The Balaban J connectivity index is 2.33. The maximum absolute atomic E-state index is 13.2. The minimum absolute atomic E-state index is 0.132. The highest BCUT2D eigenvalue weighted by molar-refractivity contribution is 6.00. The smallest absolute Gasteiger partial charge is 0.256 e. The molecule has 24 heavy (non-hydrogen) atoms. The van der Waals surface area contributed by atoms with Crippen molar-refractivity contribution in [1.82, 2.24) is 4.90 Å². The summed E-state index contributed by atoms with van der Waals surface area (Å²) < 4.78 is 0. The predicted molar refractivity (Wildman–Crippen MR) is 102 cm³/mol. The van der Waals surface area contributed by atoms with E-state index in [1.54, 1.807) is 0 Å². The number of benzene rings is 1. The zero-order valence-corrected chi connectivity index (χ0v) is 15.7. The van der Waals surface area contributed by atoms with Gasteiger partial charge >= 0.3 is 0 Å². The molecule has 0 spiro atoms. The van der Waals surface area contributed by atoms with Gasteiger partial charge in [0.25, 0.3) is 5.91 Å². The van der Waals surface area contributed by atoms with Crippen LogP contribution in [-0.4, -0.2) is 37.0 Å². The van der Waals surface area contributed by atoms with Crippen molar-refractivity contribution in [3.63, 3.8) is 0 Å². The highest BCUT2D eigenvalue weighted by Crippen LogP contribution is 2.28. The lowest BCUT2D eigenvalue weighted by Gasteiger charge is -2.36. The Labute approximate surface area is 147 Å². The molecule has 0 aromatic heterocycles. The average molecular weight is 332 g/mol. The molecule has 4 heteroatoms. The van der Waals surface area contributed by atoms with Crippen molar-refractivity contribution in [2.45, 2.75) is 47.0 Å². The maximum atomic E-state index is 13.2. The van der Waals surface area contributed by atoms with Gasteiger partial charge in [0.1, 0.15) is 0 Å². The van der Waals surface area contributed by atoms with E-state index < -0.39 is 0 Å². The molecule has 1 saturated heterocycles. The number of carbonyl (C=O) groups excluding carboxylic acids is 1. The third kappa shape index (κ3) is 4.43. The monoisotopic (exact) mass is 331 g/mol. The zero-order chi connectivity index (χ0) is 17.7. The van der Waals surface area contributed by atoms with Crippen molar-refractivity contribution in [2.75, 3.05) is 36.8 Å². The van der Waals surface area contributed by atoms with Gasteiger partial charge in [-0.1, -0.05) is 27.7 Å². The summed E-state index contributed by atoms with van der Waals surface area (Å²) in [7, 11) is 0. The van der Waals surface area contributed by atoms with Gasteiger partial charge in [-0.2, -0.15) is 0 Å². The second-order valence-electron chi connectivity index (χ2n) is 7.42. The first-order valence-electron chi connectivity index (χ1n) is 9.39. The zero-order valence-electron chi connectivity index (χ0n) is 15.7. The minimum Gasteiger partial charge on any atom is -0.399 e. The highest BCUT2D eigenvalue weighted by atomic mass is 16.2. The molecule has 0 radical (unpaired) electrons. The summed E-state index contributed by atoms with van der Waals surface area (Å²) in [5.41, 5.74) is 8.46. The van der Waals surface area contributed by atoms with Gasteiger partial charge in [-0.25, -0.2) is 0 Å². The number of carbonyl (C=O) groups is 1. The van der Waals surface area contributed by atoms with Crippen molar-refractivity contribution in [2.24, 2.45) is 11.8 Å². The van der Waals surface area contributed by atoms with E-state index in [4.69, 9.17) is 5.73 Å². The van der Waals surface area contributed by atoms with Gasteiger partial charge in [0, 0.05) is 37.6 Å². The highest BCUT2D eigenvalue weighted by Gasteiger charge is 2.28. The third-order valence-corrected chi connectivity index (χ3v) is 4.73. The minimum atomic E-state index is 0.132. The Hall–Kier alpha value is -1.71. The molecule has 2 unspecified atom stereocenters. The van der Waals surface area contributed by atoms with Crippen LogP contribution in [0.4, 0.5) is 11.4 Å². The van der Waals surface area contributed by atoms with Crippen molar-refractivity contribution in [3.05, 3.63) is 23.8 Å². The van der Waals surface area contributed by atoms with Gasteiger partial charge in [-0.05, 0) is 49.3 Å². The van der Waals surface area contributed by atoms with Gasteiger partial charge in [-0.3, -0.25) is 4.79 Å². The summed E-state index contributed by atoms with van der Waals surface area (Å²) in [6, 6.07) is 5.79. The fourth-order valence-electron chi connectivity index (χ4n) is 3.89. The fraction of sp³-hybridized carbons (Fsp3) is 0.650. The molecule has 1 aliphatic rings. The van der Waals surface area contributed by atoms with Crippen LogP contribution in [-0.2, 0) is 0 Å². The number of nitrogen functional groups attached to an aromatic ring is 1. The summed E-state index contributed by atoms with van der Waals surface area (Å²) in [5, 5.41) is 0. The Morgan fingerprint density at radius 2 is 1.75 bits per heavy atom. The second kappa shape index (κ2) is 8.41. The summed E-state index contributed by atoms with van der Waals surface area (Å²) in [6.45, 7) is 12.4. The maximum Gasteiger partial charge on any atom is 0.256 e. The Bertz CT molecular complexity index is 542. The second-order valence-corrected chi connectivity index (χ2v) is 7.42. The van der Waals surface area contributed by atoms with Crippen molar-refractivity contribution >= 4 is 17.3 Å². The van der Waals surface area contributed by atoms with E-state index in [2.05, 4.69) is 32.6 Å². The predicted octanol–water partition coefficient (Wildman–Crippen LogP) is 4.01. The van der Waals surface area contributed by atoms with Crippen LogP contribution in [0.15, 0.2) is 18.2 Å². The normalized spacial score (nSPS) is 20.9. The topological polar surface area (TPSA) is 49.6 Å². The molecule has 0 aliphatic carbocycles. The van der Waals surface area contributed by atoms with Crippen molar-refractivity contribution in [1.29, 1.82) is 0 Å². The molecule has 2 rings (SSSR count). The lowest BCUT2D eigenvalue weighted by molar-refractivity contribution is 0.0624. The van der Waals surface area contributed by atoms with Gasteiger partial charge in [0.15, 0.2) is 0 Å². The molecule has 0 bridgehead atoms. The molecule has 2 N–H and O–H groups in total.